The van der Waals surface area contributed by atoms with Crippen LogP contribution < -0.4 is 10.1 Å². The monoisotopic (exact) mass is 366 g/mol. The molecule has 2 rings (SSSR count). The third-order valence-electron chi connectivity index (χ3n) is 3.00. The van der Waals surface area contributed by atoms with Crippen molar-refractivity contribution in [1.29, 1.82) is 0 Å². The second-order valence-corrected chi connectivity index (χ2v) is 5.61. The molecule has 0 unspecified atom stereocenters. The lowest BCUT2D eigenvalue weighted by Crippen LogP contribution is -2.15. The maximum absolute atomic E-state index is 11.9. The predicted molar refractivity (Wildman–Crippen MR) is 96.8 cm³/mol. The fourth-order valence-electron chi connectivity index (χ4n) is 1.93. The molecule has 1 amide bonds. The Morgan fingerprint density at radius 2 is 2.12 bits per heavy atom. The molecule has 0 aliphatic rings. The number of aliphatic imine (C=N–C) groups is 1. The van der Waals surface area contributed by atoms with E-state index in [1.807, 2.05) is 6.92 Å². The van der Waals surface area contributed by atoms with Crippen molar-refractivity contribution < 1.29 is 14.6 Å². The summed E-state index contributed by atoms with van der Waals surface area (Å²) in [5.41, 5.74) is 0.889. The lowest BCUT2D eigenvalue weighted by Gasteiger charge is -2.07. The number of rotatable bonds is 6. The van der Waals surface area contributed by atoms with Gasteiger partial charge in [-0.1, -0.05) is 29.3 Å². The molecule has 7 heteroatoms. The van der Waals surface area contributed by atoms with E-state index in [1.54, 1.807) is 36.4 Å². The molecule has 0 saturated carbocycles. The molecule has 24 heavy (non-hydrogen) atoms. The van der Waals surface area contributed by atoms with Gasteiger partial charge in [-0.05, 0) is 37.3 Å². The average molecular weight is 367 g/mol. The second-order valence-electron chi connectivity index (χ2n) is 4.77. The minimum absolute atomic E-state index is 0.0126. The van der Waals surface area contributed by atoms with Gasteiger partial charge in [0.1, 0.15) is 6.54 Å². The molecule has 2 aromatic carbocycles. The number of benzene rings is 2. The highest BCUT2D eigenvalue weighted by Gasteiger charge is 2.07. The van der Waals surface area contributed by atoms with Gasteiger partial charge in [-0.25, -0.2) is 0 Å². The lowest BCUT2D eigenvalue weighted by atomic mass is 10.2. The Balaban J connectivity index is 2.00. The summed E-state index contributed by atoms with van der Waals surface area (Å²) in [5.74, 6) is 0.00822. The zero-order valence-corrected chi connectivity index (χ0v) is 14.4. The second kappa shape index (κ2) is 8.57. The number of aromatic hydroxyl groups is 1. The number of carbonyl (C=O) groups excluding carboxylic acids is 1. The lowest BCUT2D eigenvalue weighted by molar-refractivity contribution is -0.114. The average Bonchev–Trinajstić information content (AvgIpc) is 2.54. The number of para-hydroxylation sites is 1. The van der Waals surface area contributed by atoms with Gasteiger partial charge in [0.25, 0.3) is 0 Å². The molecule has 0 fully saturated rings. The molecule has 0 saturated heterocycles. The predicted octanol–water partition coefficient (Wildman–Crippen LogP) is 4.16. The molecule has 0 heterocycles. The summed E-state index contributed by atoms with van der Waals surface area (Å²) in [6, 6.07) is 9.85. The molecule has 0 spiro atoms. The standard InChI is InChI=1S/C17H16Cl2N2O3/c1-2-24-15-5-3-4-11(17(15)23)9-20-10-16(22)21-14-8-12(18)6-7-13(14)19/h3-9,23H,2,10H2,1H3,(H,21,22). The van der Waals surface area contributed by atoms with Gasteiger partial charge in [0.2, 0.25) is 5.91 Å². The Morgan fingerprint density at radius 3 is 2.88 bits per heavy atom. The van der Waals surface area contributed by atoms with Crippen molar-refractivity contribution >= 4 is 41.0 Å². The van der Waals surface area contributed by atoms with Crippen LogP contribution >= 0.6 is 23.2 Å². The molecular formula is C17H16Cl2N2O3. The van der Waals surface area contributed by atoms with E-state index in [2.05, 4.69) is 10.3 Å². The number of anilines is 1. The van der Waals surface area contributed by atoms with Crippen LogP contribution in [0, 0.1) is 0 Å². The molecule has 0 radical (unpaired) electrons. The van der Waals surface area contributed by atoms with E-state index < -0.39 is 0 Å². The Labute approximate surface area is 149 Å². The fourth-order valence-corrected chi connectivity index (χ4v) is 2.26. The molecule has 5 nitrogen and oxygen atoms in total. The molecular weight excluding hydrogens is 351 g/mol. The van der Waals surface area contributed by atoms with Crippen molar-refractivity contribution in [3.8, 4) is 11.5 Å². The van der Waals surface area contributed by atoms with Crippen molar-refractivity contribution in [2.45, 2.75) is 6.92 Å². The number of phenolic OH excluding ortho intramolecular Hbond substituents is 1. The van der Waals surface area contributed by atoms with Crippen LogP contribution in [0.4, 0.5) is 5.69 Å². The van der Waals surface area contributed by atoms with E-state index in [9.17, 15) is 9.90 Å². The van der Waals surface area contributed by atoms with Crippen LogP contribution in [-0.4, -0.2) is 30.4 Å². The van der Waals surface area contributed by atoms with Gasteiger partial charge in [-0.15, -0.1) is 0 Å². The SMILES string of the molecule is CCOc1cccc(C=NCC(=O)Nc2cc(Cl)ccc2Cl)c1O. The third-order valence-corrected chi connectivity index (χ3v) is 3.56. The number of phenols is 1. The van der Waals surface area contributed by atoms with Gasteiger partial charge in [0, 0.05) is 16.8 Å². The molecule has 2 aromatic rings. The number of carbonyl (C=O) groups is 1. The summed E-state index contributed by atoms with van der Waals surface area (Å²) < 4.78 is 5.29. The largest absolute Gasteiger partial charge is 0.504 e. The first-order valence-electron chi connectivity index (χ1n) is 7.20. The van der Waals surface area contributed by atoms with Gasteiger partial charge in [-0.2, -0.15) is 0 Å². The minimum Gasteiger partial charge on any atom is -0.504 e. The van der Waals surface area contributed by atoms with Crippen LogP contribution in [0.5, 0.6) is 11.5 Å². The van der Waals surface area contributed by atoms with Gasteiger partial charge in [-0.3, -0.25) is 9.79 Å². The highest BCUT2D eigenvalue weighted by Crippen LogP contribution is 2.28. The highest BCUT2D eigenvalue weighted by molar-refractivity contribution is 6.35. The summed E-state index contributed by atoms with van der Waals surface area (Å²) in [7, 11) is 0. The fraction of sp³-hybridized carbons (Fsp3) is 0.176. The first-order chi connectivity index (χ1) is 11.5. The summed E-state index contributed by atoms with van der Waals surface area (Å²) in [6.07, 6.45) is 1.41. The van der Waals surface area contributed by atoms with E-state index >= 15 is 0 Å². The van der Waals surface area contributed by atoms with Gasteiger partial charge in [0.15, 0.2) is 11.5 Å². The Hall–Kier alpha value is -2.24. The molecule has 0 atom stereocenters. The zero-order valence-electron chi connectivity index (χ0n) is 12.9. The van der Waals surface area contributed by atoms with E-state index in [4.69, 9.17) is 27.9 Å². The van der Waals surface area contributed by atoms with Gasteiger partial charge in [0.05, 0.1) is 17.3 Å². The summed E-state index contributed by atoms with van der Waals surface area (Å²) in [4.78, 5) is 15.9. The van der Waals surface area contributed by atoms with Crippen LogP contribution in [0.3, 0.4) is 0 Å². The molecule has 0 bridgehead atoms. The molecule has 126 valence electrons. The van der Waals surface area contributed by atoms with E-state index in [-0.39, 0.29) is 18.2 Å². The van der Waals surface area contributed by atoms with Gasteiger partial charge < -0.3 is 15.2 Å². The number of nitrogens with zero attached hydrogens (tertiary/aromatic N) is 1. The van der Waals surface area contributed by atoms with Crippen molar-refractivity contribution in [1.82, 2.24) is 0 Å². The van der Waals surface area contributed by atoms with Crippen LogP contribution in [0.25, 0.3) is 0 Å². The van der Waals surface area contributed by atoms with Crippen molar-refractivity contribution in [3.63, 3.8) is 0 Å². The maximum Gasteiger partial charge on any atom is 0.246 e. The Bertz CT molecular complexity index is 763. The van der Waals surface area contributed by atoms with E-state index in [0.717, 1.165) is 0 Å². The molecule has 2 N–H and O–H groups in total. The third kappa shape index (κ3) is 4.88. The summed E-state index contributed by atoms with van der Waals surface area (Å²) >= 11 is 11.8. The van der Waals surface area contributed by atoms with Crippen molar-refractivity contribution in [2.24, 2.45) is 4.99 Å². The van der Waals surface area contributed by atoms with E-state index in [0.29, 0.717) is 33.7 Å². The number of ether oxygens (including phenoxy) is 1. The Morgan fingerprint density at radius 1 is 1.33 bits per heavy atom. The zero-order chi connectivity index (χ0) is 17.5. The van der Waals surface area contributed by atoms with Crippen LogP contribution in [0.2, 0.25) is 10.0 Å². The quantitative estimate of drug-likeness (QED) is 0.754. The highest BCUT2D eigenvalue weighted by atomic mass is 35.5. The van der Waals surface area contributed by atoms with Crippen LogP contribution in [-0.2, 0) is 4.79 Å². The first-order valence-corrected chi connectivity index (χ1v) is 7.96. The number of halogens is 2. The number of hydrogen-bond acceptors (Lipinski definition) is 4. The molecule has 0 aliphatic heterocycles. The first kappa shape index (κ1) is 18.1. The topological polar surface area (TPSA) is 70.9 Å². The Kier molecular flexibility index (Phi) is 6.46. The number of amides is 1. The summed E-state index contributed by atoms with van der Waals surface area (Å²) in [6.45, 7) is 2.14. The minimum atomic E-state index is -0.351. The molecule has 0 aliphatic carbocycles. The van der Waals surface area contributed by atoms with Gasteiger partial charge >= 0.3 is 0 Å². The summed E-state index contributed by atoms with van der Waals surface area (Å²) in [5, 5.41) is 13.5. The van der Waals surface area contributed by atoms with Crippen molar-refractivity contribution in [3.05, 3.63) is 52.0 Å². The van der Waals surface area contributed by atoms with E-state index in [1.165, 1.54) is 6.21 Å². The van der Waals surface area contributed by atoms with Crippen LogP contribution in [0.15, 0.2) is 41.4 Å². The normalized spacial score (nSPS) is 10.8. The maximum atomic E-state index is 11.9. The molecule has 0 aromatic heterocycles. The number of hydrogen-bond donors (Lipinski definition) is 2. The number of nitrogens with one attached hydrogen (secondary N) is 1. The van der Waals surface area contributed by atoms with Crippen LogP contribution in [0.1, 0.15) is 12.5 Å². The smallest absolute Gasteiger partial charge is 0.246 e. The van der Waals surface area contributed by atoms with Crippen molar-refractivity contribution in [2.75, 3.05) is 18.5 Å².